The maximum Gasteiger partial charge on any atom is 0.255 e. The molecule has 22 heavy (non-hydrogen) atoms. The second-order valence-corrected chi connectivity index (χ2v) is 5.37. The summed E-state index contributed by atoms with van der Waals surface area (Å²) >= 11 is 0. The summed E-state index contributed by atoms with van der Waals surface area (Å²) in [5, 5.41) is 7.08. The molecule has 0 radical (unpaired) electrons. The SMILES string of the molecule is Cc1c(C(=O)NC(C)c2ccc3c(c2)OCCO3)cnn1C. The molecule has 1 amide bonds. The first-order valence-electron chi connectivity index (χ1n) is 7.25. The van der Waals surface area contributed by atoms with Crippen LogP contribution in [-0.4, -0.2) is 28.9 Å². The van der Waals surface area contributed by atoms with Crippen molar-refractivity contribution in [2.24, 2.45) is 7.05 Å². The van der Waals surface area contributed by atoms with Crippen molar-refractivity contribution >= 4 is 5.91 Å². The predicted molar refractivity (Wildman–Crippen MR) is 81.3 cm³/mol. The molecule has 6 nitrogen and oxygen atoms in total. The summed E-state index contributed by atoms with van der Waals surface area (Å²) in [6.07, 6.45) is 1.58. The molecule has 6 heteroatoms. The molecule has 0 saturated heterocycles. The molecule has 1 atom stereocenters. The third kappa shape index (κ3) is 2.64. The average molecular weight is 301 g/mol. The van der Waals surface area contributed by atoms with Crippen LogP contribution >= 0.6 is 0 Å². The van der Waals surface area contributed by atoms with Crippen LogP contribution in [0.2, 0.25) is 0 Å². The van der Waals surface area contributed by atoms with Crippen molar-refractivity contribution in [3.05, 3.63) is 41.2 Å². The van der Waals surface area contributed by atoms with E-state index in [1.165, 1.54) is 0 Å². The topological polar surface area (TPSA) is 65.4 Å². The second kappa shape index (κ2) is 5.71. The minimum atomic E-state index is -0.136. The van der Waals surface area contributed by atoms with E-state index in [0.29, 0.717) is 18.8 Å². The lowest BCUT2D eigenvalue weighted by Crippen LogP contribution is -2.27. The Balaban J connectivity index is 1.75. The van der Waals surface area contributed by atoms with Crippen molar-refractivity contribution in [2.75, 3.05) is 13.2 Å². The van der Waals surface area contributed by atoms with Gasteiger partial charge in [-0.25, -0.2) is 0 Å². The Hall–Kier alpha value is -2.50. The second-order valence-electron chi connectivity index (χ2n) is 5.37. The molecule has 0 bridgehead atoms. The Labute approximate surface area is 129 Å². The number of hydrogen-bond acceptors (Lipinski definition) is 4. The summed E-state index contributed by atoms with van der Waals surface area (Å²) < 4.78 is 12.8. The van der Waals surface area contributed by atoms with Gasteiger partial charge in [-0.15, -0.1) is 0 Å². The quantitative estimate of drug-likeness (QED) is 0.941. The number of aromatic nitrogens is 2. The molecule has 1 N–H and O–H groups in total. The summed E-state index contributed by atoms with van der Waals surface area (Å²) in [7, 11) is 1.82. The first-order valence-corrected chi connectivity index (χ1v) is 7.25. The van der Waals surface area contributed by atoms with Crippen LogP contribution in [0.3, 0.4) is 0 Å². The van der Waals surface area contributed by atoms with Gasteiger partial charge >= 0.3 is 0 Å². The third-order valence-electron chi connectivity index (χ3n) is 3.89. The molecule has 1 aliphatic rings. The van der Waals surface area contributed by atoms with Crippen molar-refractivity contribution in [2.45, 2.75) is 19.9 Å². The van der Waals surface area contributed by atoms with Gasteiger partial charge in [0.05, 0.1) is 17.8 Å². The lowest BCUT2D eigenvalue weighted by molar-refractivity contribution is 0.0939. The number of nitrogens with zero attached hydrogens (tertiary/aromatic N) is 2. The van der Waals surface area contributed by atoms with E-state index in [2.05, 4.69) is 10.4 Å². The molecule has 2 heterocycles. The summed E-state index contributed by atoms with van der Waals surface area (Å²) in [6, 6.07) is 5.59. The van der Waals surface area contributed by atoms with E-state index in [1.807, 2.05) is 39.1 Å². The lowest BCUT2D eigenvalue weighted by Gasteiger charge is -2.21. The van der Waals surface area contributed by atoms with Crippen molar-refractivity contribution in [3.63, 3.8) is 0 Å². The Morgan fingerprint density at radius 3 is 2.73 bits per heavy atom. The Bertz CT molecular complexity index is 709. The lowest BCUT2D eigenvalue weighted by atomic mass is 10.1. The zero-order valence-corrected chi connectivity index (χ0v) is 12.9. The Morgan fingerprint density at radius 1 is 1.32 bits per heavy atom. The molecule has 2 aromatic rings. The Kier molecular flexibility index (Phi) is 3.75. The standard InChI is InChI=1S/C16H19N3O3/c1-10(18-16(20)13-9-17-19(3)11(13)2)12-4-5-14-15(8-12)22-7-6-21-14/h4-5,8-10H,6-7H2,1-3H3,(H,18,20). The van der Waals surface area contributed by atoms with Crippen molar-refractivity contribution in [3.8, 4) is 11.5 Å². The molecule has 1 aromatic heterocycles. The largest absolute Gasteiger partial charge is 0.486 e. The van der Waals surface area contributed by atoms with Gasteiger partial charge in [-0.3, -0.25) is 9.48 Å². The van der Waals surface area contributed by atoms with Crippen molar-refractivity contribution in [1.82, 2.24) is 15.1 Å². The van der Waals surface area contributed by atoms with Gasteiger partial charge in [-0.1, -0.05) is 6.07 Å². The van der Waals surface area contributed by atoms with Gasteiger partial charge < -0.3 is 14.8 Å². The molecular weight excluding hydrogens is 282 g/mol. The smallest absolute Gasteiger partial charge is 0.255 e. The highest BCUT2D eigenvalue weighted by molar-refractivity contribution is 5.95. The van der Waals surface area contributed by atoms with E-state index >= 15 is 0 Å². The zero-order valence-electron chi connectivity index (χ0n) is 12.9. The van der Waals surface area contributed by atoms with Crippen LogP contribution in [0.15, 0.2) is 24.4 Å². The number of carbonyl (C=O) groups excluding carboxylic acids is 1. The number of hydrogen-bond donors (Lipinski definition) is 1. The van der Waals surface area contributed by atoms with Crippen molar-refractivity contribution < 1.29 is 14.3 Å². The number of ether oxygens (including phenoxy) is 2. The van der Waals surface area contributed by atoms with E-state index in [0.717, 1.165) is 22.8 Å². The Morgan fingerprint density at radius 2 is 2.05 bits per heavy atom. The van der Waals surface area contributed by atoms with Crippen LogP contribution < -0.4 is 14.8 Å². The fraction of sp³-hybridized carbons (Fsp3) is 0.375. The number of benzene rings is 1. The average Bonchev–Trinajstić information content (AvgIpc) is 2.86. The van der Waals surface area contributed by atoms with E-state index in [9.17, 15) is 4.79 Å². The minimum Gasteiger partial charge on any atom is -0.486 e. The fourth-order valence-corrected chi connectivity index (χ4v) is 2.41. The highest BCUT2D eigenvalue weighted by Gasteiger charge is 2.18. The van der Waals surface area contributed by atoms with Crippen LogP contribution in [0.5, 0.6) is 11.5 Å². The van der Waals surface area contributed by atoms with Crippen LogP contribution in [0.1, 0.15) is 34.6 Å². The molecule has 1 unspecified atom stereocenters. The summed E-state index contributed by atoms with van der Waals surface area (Å²) in [4.78, 5) is 12.3. The molecule has 0 saturated carbocycles. The van der Waals surface area contributed by atoms with Gasteiger partial charge in [0.2, 0.25) is 0 Å². The molecule has 0 spiro atoms. The van der Waals surface area contributed by atoms with E-state index < -0.39 is 0 Å². The predicted octanol–water partition coefficient (Wildman–Crippen LogP) is 1.99. The number of amides is 1. The number of nitrogens with one attached hydrogen (secondary N) is 1. The van der Waals surface area contributed by atoms with Crippen LogP contribution in [-0.2, 0) is 7.05 Å². The summed E-state index contributed by atoms with van der Waals surface area (Å²) in [5.41, 5.74) is 2.40. The normalized spacial score (nSPS) is 14.5. The zero-order chi connectivity index (χ0) is 15.7. The first kappa shape index (κ1) is 14.4. The van der Waals surface area contributed by atoms with E-state index in [1.54, 1.807) is 10.9 Å². The minimum absolute atomic E-state index is 0.131. The molecule has 3 rings (SSSR count). The summed E-state index contributed by atoms with van der Waals surface area (Å²) in [6.45, 7) is 4.93. The van der Waals surface area contributed by atoms with Crippen LogP contribution in [0, 0.1) is 6.92 Å². The molecular formula is C16H19N3O3. The maximum absolute atomic E-state index is 12.3. The van der Waals surface area contributed by atoms with Gasteiger partial charge in [-0.2, -0.15) is 5.10 Å². The first-order chi connectivity index (χ1) is 10.6. The van der Waals surface area contributed by atoms with Gasteiger partial charge in [0.1, 0.15) is 13.2 Å². The van der Waals surface area contributed by atoms with Crippen LogP contribution in [0.25, 0.3) is 0 Å². The molecule has 1 aliphatic heterocycles. The van der Waals surface area contributed by atoms with Gasteiger partial charge in [-0.05, 0) is 31.5 Å². The molecule has 116 valence electrons. The monoisotopic (exact) mass is 301 g/mol. The van der Waals surface area contributed by atoms with E-state index in [4.69, 9.17) is 9.47 Å². The van der Waals surface area contributed by atoms with Gasteiger partial charge in [0.25, 0.3) is 5.91 Å². The highest BCUT2D eigenvalue weighted by atomic mass is 16.6. The van der Waals surface area contributed by atoms with Gasteiger partial charge in [0.15, 0.2) is 11.5 Å². The number of carbonyl (C=O) groups is 1. The number of aryl methyl sites for hydroxylation is 1. The third-order valence-corrected chi connectivity index (χ3v) is 3.89. The molecule has 1 aromatic carbocycles. The number of fused-ring (bicyclic) bond motifs is 1. The van der Waals surface area contributed by atoms with E-state index in [-0.39, 0.29) is 11.9 Å². The number of rotatable bonds is 3. The summed E-state index contributed by atoms with van der Waals surface area (Å²) in [5.74, 6) is 1.34. The fourth-order valence-electron chi connectivity index (χ4n) is 2.41. The maximum atomic E-state index is 12.3. The highest BCUT2D eigenvalue weighted by Crippen LogP contribution is 2.32. The van der Waals surface area contributed by atoms with Crippen molar-refractivity contribution in [1.29, 1.82) is 0 Å². The molecule has 0 aliphatic carbocycles. The van der Waals surface area contributed by atoms with Crippen LogP contribution in [0.4, 0.5) is 0 Å². The molecule has 0 fully saturated rings. The van der Waals surface area contributed by atoms with Gasteiger partial charge in [0, 0.05) is 12.7 Å².